The summed E-state index contributed by atoms with van der Waals surface area (Å²) < 4.78 is 0. The molecule has 1 rings (SSSR count). The van der Waals surface area contributed by atoms with E-state index in [1.54, 1.807) is 18.2 Å². The second-order valence-electron chi connectivity index (χ2n) is 4.57. The van der Waals surface area contributed by atoms with E-state index in [0.29, 0.717) is 28.1 Å². The molecule has 1 aromatic carbocycles. The van der Waals surface area contributed by atoms with Gasteiger partial charge >= 0.3 is 0 Å². The van der Waals surface area contributed by atoms with Gasteiger partial charge < -0.3 is 10.4 Å². The minimum atomic E-state index is -0.617. The van der Waals surface area contributed by atoms with Crippen LogP contribution in [-0.2, 0) is 0 Å². The number of aliphatic hydroxyl groups is 1. The maximum absolute atomic E-state index is 9.99. The van der Waals surface area contributed by atoms with Crippen LogP contribution in [0.3, 0.4) is 0 Å². The van der Waals surface area contributed by atoms with Gasteiger partial charge in [0, 0.05) is 22.2 Å². The first-order chi connectivity index (χ1) is 8.00. The lowest BCUT2D eigenvalue weighted by Crippen LogP contribution is -2.23. The molecule has 0 heterocycles. The zero-order valence-corrected chi connectivity index (χ0v) is 11.7. The highest BCUT2D eigenvalue weighted by Gasteiger charge is 2.11. The first-order valence-electron chi connectivity index (χ1n) is 5.84. The van der Waals surface area contributed by atoms with Crippen LogP contribution in [0.4, 0.5) is 0 Å². The summed E-state index contributed by atoms with van der Waals surface area (Å²) in [5.74, 6) is 0.661. The molecule has 0 aliphatic rings. The van der Waals surface area contributed by atoms with Crippen LogP contribution in [0.1, 0.15) is 31.9 Å². The van der Waals surface area contributed by atoms with Gasteiger partial charge in [0.1, 0.15) is 0 Å². The minimum absolute atomic E-state index is 0.493. The van der Waals surface area contributed by atoms with Crippen LogP contribution in [0.25, 0.3) is 0 Å². The maximum Gasteiger partial charge on any atom is 0.0929 e. The summed E-state index contributed by atoms with van der Waals surface area (Å²) in [6.07, 6.45) is 0.476. The Labute approximate surface area is 113 Å². The zero-order valence-electron chi connectivity index (χ0n) is 10.2. The minimum Gasteiger partial charge on any atom is -0.387 e. The Hall–Kier alpha value is -0.280. The van der Waals surface area contributed by atoms with Gasteiger partial charge in [-0.25, -0.2) is 0 Å². The molecular formula is C13H19Cl2NO. The average Bonchev–Trinajstić information content (AvgIpc) is 2.27. The van der Waals surface area contributed by atoms with Crippen LogP contribution < -0.4 is 5.32 Å². The Kier molecular flexibility index (Phi) is 6.28. The summed E-state index contributed by atoms with van der Waals surface area (Å²) >= 11 is 11.9. The standard InChI is InChI=1S/C13H19Cl2NO/c1-9(2)5-6-16-8-13(17)11-7-10(14)3-4-12(11)15/h3-4,7,9,13,16-17H,5-6,8H2,1-2H3. The van der Waals surface area contributed by atoms with Crippen molar-refractivity contribution in [3.05, 3.63) is 33.8 Å². The van der Waals surface area contributed by atoms with Gasteiger partial charge in [0.05, 0.1) is 6.10 Å². The third kappa shape index (κ3) is 5.26. The maximum atomic E-state index is 9.99. The second kappa shape index (κ2) is 7.22. The molecule has 1 unspecified atom stereocenters. The van der Waals surface area contributed by atoms with Crippen molar-refractivity contribution in [2.45, 2.75) is 26.4 Å². The molecule has 4 heteroatoms. The molecular weight excluding hydrogens is 257 g/mol. The van der Waals surface area contributed by atoms with E-state index in [2.05, 4.69) is 19.2 Å². The highest BCUT2D eigenvalue weighted by Crippen LogP contribution is 2.25. The molecule has 1 aromatic rings. The molecule has 0 aliphatic carbocycles. The van der Waals surface area contributed by atoms with Gasteiger partial charge in [-0.05, 0) is 37.1 Å². The van der Waals surface area contributed by atoms with Crippen molar-refractivity contribution in [3.8, 4) is 0 Å². The third-order valence-electron chi connectivity index (χ3n) is 2.55. The van der Waals surface area contributed by atoms with Crippen LogP contribution in [0, 0.1) is 5.92 Å². The zero-order chi connectivity index (χ0) is 12.8. The van der Waals surface area contributed by atoms with Crippen molar-refractivity contribution in [3.63, 3.8) is 0 Å². The molecule has 0 fully saturated rings. The number of aliphatic hydroxyl groups excluding tert-OH is 1. The second-order valence-corrected chi connectivity index (χ2v) is 5.41. The van der Waals surface area contributed by atoms with Gasteiger partial charge in [0.2, 0.25) is 0 Å². The fraction of sp³-hybridized carbons (Fsp3) is 0.538. The summed E-state index contributed by atoms with van der Waals surface area (Å²) in [5, 5.41) is 14.3. The molecule has 0 saturated carbocycles. The highest BCUT2D eigenvalue weighted by atomic mass is 35.5. The number of rotatable bonds is 6. The first-order valence-corrected chi connectivity index (χ1v) is 6.60. The molecule has 0 spiro atoms. The Morgan fingerprint density at radius 1 is 1.29 bits per heavy atom. The number of hydrogen-bond acceptors (Lipinski definition) is 2. The smallest absolute Gasteiger partial charge is 0.0929 e. The fourth-order valence-electron chi connectivity index (χ4n) is 1.51. The van der Waals surface area contributed by atoms with Gasteiger partial charge in [-0.2, -0.15) is 0 Å². The Balaban J connectivity index is 2.46. The van der Waals surface area contributed by atoms with Crippen LogP contribution in [0.15, 0.2) is 18.2 Å². The molecule has 0 bridgehead atoms. The largest absolute Gasteiger partial charge is 0.387 e. The van der Waals surface area contributed by atoms with Gasteiger partial charge in [0.25, 0.3) is 0 Å². The summed E-state index contributed by atoms with van der Waals surface area (Å²) in [5.41, 5.74) is 0.677. The number of halogens is 2. The lowest BCUT2D eigenvalue weighted by molar-refractivity contribution is 0.174. The van der Waals surface area contributed by atoms with Crippen molar-refractivity contribution in [2.75, 3.05) is 13.1 Å². The Morgan fingerprint density at radius 2 is 2.00 bits per heavy atom. The van der Waals surface area contributed by atoms with E-state index in [4.69, 9.17) is 23.2 Å². The van der Waals surface area contributed by atoms with Crippen molar-refractivity contribution in [2.24, 2.45) is 5.92 Å². The number of hydrogen-bond donors (Lipinski definition) is 2. The van der Waals surface area contributed by atoms with E-state index >= 15 is 0 Å². The van der Waals surface area contributed by atoms with E-state index in [1.165, 1.54) is 0 Å². The molecule has 2 nitrogen and oxygen atoms in total. The van der Waals surface area contributed by atoms with Crippen molar-refractivity contribution in [1.29, 1.82) is 0 Å². The topological polar surface area (TPSA) is 32.3 Å². The van der Waals surface area contributed by atoms with Crippen LogP contribution in [-0.4, -0.2) is 18.2 Å². The van der Waals surface area contributed by atoms with Gasteiger partial charge in [-0.1, -0.05) is 37.0 Å². The molecule has 0 aromatic heterocycles. The first kappa shape index (κ1) is 14.8. The van der Waals surface area contributed by atoms with Crippen LogP contribution in [0.5, 0.6) is 0 Å². The lowest BCUT2D eigenvalue weighted by atomic mass is 10.1. The van der Waals surface area contributed by atoms with E-state index < -0.39 is 6.10 Å². The van der Waals surface area contributed by atoms with E-state index in [0.717, 1.165) is 13.0 Å². The summed E-state index contributed by atoms with van der Waals surface area (Å²) in [6.45, 7) is 5.73. The van der Waals surface area contributed by atoms with Gasteiger partial charge in [-0.15, -0.1) is 0 Å². The Bertz CT molecular complexity index is 355. The highest BCUT2D eigenvalue weighted by molar-refractivity contribution is 6.33. The van der Waals surface area contributed by atoms with Crippen LogP contribution in [0.2, 0.25) is 10.0 Å². The summed E-state index contributed by atoms with van der Waals surface area (Å²) in [7, 11) is 0. The predicted octanol–water partition coefficient (Wildman–Crippen LogP) is 3.66. The molecule has 17 heavy (non-hydrogen) atoms. The molecule has 0 amide bonds. The number of nitrogens with one attached hydrogen (secondary N) is 1. The lowest BCUT2D eigenvalue weighted by Gasteiger charge is -2.14. The SMILES string of the molecule is CC(C)CCNCC(O)c1cc(Cl)ccc1Cl. The quantitative estimate of drug-likeness (QED) is 0.777. The molecule has 96 valence electrons. The van der Waals surface area contributed by atoms with E-state index in [-0.39, 0.29) is 0 Å². The normalized spacial score (nSPS) is 13.1. The molecule has 0 aliphatic heterocycles. The molecule has 2 N–H and O–H groups in total. The third-order valence-corrected chi connectivity index (χ3v) is 3.13. The Morgan fingerprint density at radius 3 is 2.65 bits per heavy atom. The summed E-state index contributed by atoms with van der Waals surface area (Å²) in [6, 6.07) is 5.13. The average molecular weight is 276 g/mol. The van der Waals surface area contributed by atoms with Gasteiger partial charge in [0.15, 0.2) is 0 Å². The monoisotopic (exact) mass is 275 g/mol. The molecule has 0 radical (unpaired) electrons. The molecule has 0 saturated heterocycles. The van der Waals surface area contributed by atoms with Gasteiger partial charge in [-0.3, -0.25) is 0 Å². The van der Waals surface area contributed by atoms with Crippen LogP contribution >= 0.6 is 23.2 Å². The molecule has 1 atom stereocenters. The fourth-order valence-corrected chi connectivity index (χ4v) is 1.93. The van der Waals surface area contributed by atoms with E-state index in [1.807, 2.05) is 0 Å². The van der Waals surface area contributed by atoms with Crippen molar-refractivity contribution in [1.82, 2.24) is 5.32 Å². The van der Waals surface area contributed by atoms with Crippen molar-refractivity contribution >= 4 is 23.2 Å². The summed E-state index contributed by atoms with van der Waals surface area (Å²) in [4.78, 5) is 0. The van der Waals surface area contributed by atoms with Crippen molar-refractivity contribution < 1.29 is 5.11 Å². The number of benzene rings is 1. The van der Waals surface area contributed by atoms with E-state index in [9.17, 15) is 5.11 Å². The predicted molar refractivity (Wildman–Crippen MR) is 73.7 cm³/mol.